The van der Waals surface area contributed by atoms with Gasteiger partial charge < -0.3 is 10.0 Å². The second-order valence-electron chi connectivity index (χ2n) is 6.18. The third kappa shape index (κ3) is 3.55. The summed E-state index contributed by atoms with van der Waals surface area (Å²) in [4.78, 5) is 14.2. The van der Waals surface area contributed by atoms with E-state index in [9.17, 15) is 9.90 Å². The Balaban J connectivity index is 1.76. The third-order valence-electron chi connectivity index (χ3n) is 4.11. The summed E-state index contributed by atoms with van der Waals surface area (Å²) in [5.41, 5.74) is 4.25. The lowest BCUT2D eigenvalue weighted by molar-refractivity contribution is 0.0784. The molecule has 3 rings (SSSR count). The van der Waals surface area contributed by atoms with Crippen LogP contribution in [-0.2, 0) is 6.54 Å². The van der Waals surface area contributed by atoms with E-state index in [1.807, 2.05) is 48.9 Å². The minimum atomic E-state index is -0.0943. The van der Waals surface area contributed by atoms with Crippen LogP contribution in [0.1, 0.15) is 27.3 Å². The molecule has 0 spiro atoms. The number of phenols is 1. The van der Waals surface area contributed by atoms with Gasteiger partial charge in [0.1, 0.15) is 5.75 Å². The molecule has 5 heteroatoms. The molecule has 0 saturated carbocycles. The van der Waals surface area contributed by atoms with Gasteiger partial charge in [-0.3, -0.25) is 4.79 Å². The van der Waals surface area contributed by atoms with Crippen LogP contribution in [0.4, 0.5) is 0 Å². The Kier molecular flexibility index (Phi) is 4.57. The van der Waals surface area contributed by atoms with Crippen LogP contribution in [0.5, 0.6) is 5.75 Å². The topological polar surface area (TPSA) is 58.4 Å². The molecule has 5 nitrogen and oxygen atoms in total. The molecule has 2 aromatic carbocycles. The minimum Gasteiger partial charge on any atom is -0.508 e. The lowest BCUT2D eigenvalue weighted by atomic mass is 10.1. The van der Waals surface area contributed by atoms with E-state index >= 15 is 0 Å². The lowest BCUT2D eigenvalue weighted by Crippen LogP contribution is -2.26. The van der Waals surface area contributed by atoms with Crippen molar-refractivity contribution in [3.05, 3.63) is 77.1 Å². The van der Waals surface area contributed by atoms with E-state index in [1.165, 1.54) is 0 Å². The molecule has 1 N–H and O–H groups in total. The quantitative estimate of drug-likeness (QED) is 0.794. The molecule has 0 fully saturated rings. The molecular weight excluding hydrogens is 314 g/mol. The first-order valence-corrected chi connectivity index (χ1v) is 8.12. The van der Waals surface area contributed by atoms with E-state index < -0.39 is 0 Å². The molecule has 1 heterocycles. The highest BCUT2D eigenvalue weighted by atomic mass is 16.3. The molecule has 1 aromatic heterocycles. The first-order chi connectivity index (χ1) is 12.0. The molecule has 0 aliphatic heterocycles. The summed E-state index contributed by atoms with van der Waals surface area (Å²) in [6, 6.07) is 16.4. The maximum atomic E-state index is 12.6. The maximum Gasteiger partial charge on any atom is 0.253 e. The van der Waals surface area contributed by atoms with Gasteiger partial charge in [0, 0.05) is 30.4 Å². The monoisotopic (exact) mass is 335 g/mol. The Labute approximate surface area is 147 Å². The largest absolute Gasteiger partial charge is 0.508 e. The van der Waals surface area contributed by atoms with E-state index in [0.29, 0.717) is 12.1 Å². The molecule has 0 atom stereocenters. The smallest absolute Gasteiger partial charge is 0.253 e. The number of phenolic OH excluding ortho intramolecular Hbond substituents is 1. The molecular formula is C20H21N3O2. The summed E-state index contributed by atoms with van der Waals surface area (Å²) in [6.45, 7) is 4.30. The van der Waals surface area contributed by atoms with Gasteiger partial charge in [0.25, 0.3) is 5.91 Å². The highest BCUT2D eigenvalue weighted by Gasteiger charge is 2.14. The van der Waals surface area contributed by atoms with Crippen molar-refractivity contribution < 1.29 is 9.90 Å². The van der Waals surface area contributed by atoms with Crippen molar-refractivity contribution in [2.24, 2.45) is 0 Å². The molecule has 3 aromatic rings. The standard InChI is InChI=1S/C20H21N3O2/c1-14-12-15(2)23(21-14)18-10-8-16(9-11-18)20(25)22(3)13-17-6-4-5-7-19(17)24/h4-12,24H,13H2,1-3H3. The van der Waals surface area contributed by atoms with E-state index in [1.54, 1.807) is 36.2 Å². The maximum absolute atomic E-state index is 12.6. The van der Waals surface area contributed by atoms with Crippen LogP contribution in [0.2, 0.25) is 0 Å². The number of amides is 1. The van der Waals surface area contributed by atoms with Gasteiger partial charge in [-0.25, -0.2) is 4.68 Å². The highest BCUT2D eigenvalue weighted by Crippen LogP contribution is 2.19. The molecule has 0 saturated heterocycles. The second kappa shape index (κ2) is 6.81. The Hall–Kier alpha value is -3.08. The number of benzene rings is 2. The number of rotatable bonds is 4. The van der Waals surface area contributed by atoms with Crippen molar-refractivity contribution in [3.8, 4) is 11.4 Å². The first-order valence-electron chi connectivity index (χ1n) is 8.12. The zero-order valence-electron chi connectivity index (χ0n) is 14.6. The number of hydrogen-bond donors (Lipinski definition) is 1. The normalized spacial score (nSPS) is 10.7. The van der Waals surface area contributed by atoms with Crippen molar-refractivity contribution in [2.45, 2.75) is 20.4 Å². The Morgan fingerprint density at radius 1 is 1.12 bits per heavy atom. The number of nitrogens with zero attached hydrogens (tertiary/aromatic N) is 3. The molecule has 0 unspecified atom stereocenters. The number of aryl methyl sites for hydroxylation is 2. The van der Waals surface area contributed by atoms with E-state index in [2.05, 4.69) is 5.10 Å². The fraction of sp³-hybridized carbons (Fsp3) is 0.200. The van der Waals surface area contributed by atoms with Gasteiger partial charge in [-0.05, 0) is 50.2 Å². The average molecular weight is 335 g/mol. The zero-order chi connectivity index (χ0) is 18.0. The van der Waals surface area contributed by atoms with Crippen molar-refractivity contribution in [3.63, 3.8) is 0 Å². The van der Waals surface area contributed by atoms with Crippen LogP contribution < -0.4 is 0 Å². The predicted octanol–water partition coefficient (Wildman–Crippen LogP) is 3.47. The number of aromatic nitrogens is 2. The third-order valence-corrected chi connectivity index (χ3v) is 4.11. The number of carbonyl (C=O) groups excluding carboxylic acids is 1. The Morgan fingerprint density at radius 2 is 1.80 bits per heavy atom. The molecule has 1 amide bonds. The summed E-state index contributed by atoms with van der Waals surface area (Å²) in [6.07, 6.45) is 0. The number of para-hydroxylation sites is 1. The van der Waals surface area contributed by atoms with Crippen molar-refractivity contribution in [1.29, 1.82) is 0 Å². The zero-order valence-corrected chi connectivity index (χ0v) is 14.6. The van der Waals surface area contributed by atoms with Crippen LogP contribution >= 0.6 is 0 Å². The number of hydrogen-bond acceptors (Lipinski definition) is 3. The van der Waals surface area contributed by atoms with Crippen molar-refractivity contribution in [1.82, 2.24) is 14.7 Å². The first kappa shape index (κ1) is 16.8. The predicted molar refractivity (Wildman–Crippen MR) is 96.9 cm³/mol. The fourth-order valence-electron chi connectivity index (χ4n) is 2.83. The van der Waals surface area contributed by atoms with Gasteiger partial charge in [-0.15, -0.1) is 0 Å². The van der Waals surface area contributed by atoms with Crippen LogP contribution in [-0.4, -0.2) is 32.7 Å². The average Bonchev–Trinajstić information content (AvgIpc) is 2.94. The van der Waals surface area contributed by atoms with E-state index in [0.717, 1.165) is 22.6 Å². The van der Waals surface area contributed by atoms with Crippen molar-refractivity contribution >= 4 is 5.91 Å². The van der Waals surface area contributed by atoms with Gasteiger partial charge >= 0.3 is 0 Å². The summed E-state index contributed by atoms with van der Waals surface area (Å²) in [5.74, 6) is 0.102. The summed E-state index contributed by atoms with van der Waals surface area (Å²) < 4.78 is 1.86. The summed E-state index contributed by atoms with van der Waals surface area (Å²) in [5, 5.41) is 14.3. The van der Waals surface area contributed by atoms with Crippen LogP contribution in [0.25, 0.3) is 5.69 Å². The molecule has 0 aliphatic carbocycles. The Morgan fingerprint density at radius 3 is 2.40 bits per heavy atom. The number of aromatic hydroxyl groups is 1. The van der Waals surface area contributed by atoms with E-state index in [4.69, 9.17) is 0 Å². The summed E-state index contributed by atoms with van der Waals surface area (Å²) in [7, 11) is 1.73. The fourth-order valence-corrected chi connectivity index (χ4v) is 2.83. The molecule has 128 valence electrons. The molecule has 0 radical (unpaired) electrons. The highest BCUT2D eigenvalue weighted by molar-refractivity contribution is 5.94. The van der Waals surface area contributed by atoms with Crippen molar-refractivity contribution in [2.75, 3.05) is 7.05 Å². The van der Waals surface area contributed by atoms with Gasteiger partial charge in [0.2, 0.25) is 0 Å². The molecule has 0 aliphatic rings. The van der Waals surface area contributed by atoms with Crippen LogP contribution in [0, 0.1) is 13.8 Å². The SMILES string of the molecule is Cc1cc(C)n(-c2ccc(C(=O)N(C)Cc3ccccc3O)cc2)n1. The van der Waals surface area contributed by atoms with Gasteiger partial charge in [0.05, 0.1) is 11.4 Å². The second-order valence-corrected chi connectivity index (χ2v) is 6.18. The van der Waals surface area contributed by atoms with Gasteiger partial charge in [-0.1, -0.05) is 18.2 Å². The van der Waals surface area contributed by atoms with E-state index in [-0.39, 0.29) is 11.7 Å². The van der Waals surface area contributed by atoms with Gasteiger partial charge in [-0.2, -0.15) is 5.10 Å². The molecule has 25 heavy (non-hydrogen) atoms. The number of carbonyl (C=O) groups is 1. The minimum absolute atomic E-state index is 0.0943. The van der Waals surface area contributed by atoms with Gasteiger partial charge in [0.15, 0.2) is 0 Å². The summed E-state index contributed by atoms with van der Waals surface area (Å²) >= 11 is 0. The molecule has 0 bridgehead atoms. The van der Waals surface area contributed by atoms with Crippen LogP contribution in [0.3, 0.4) is 0 Å². The van der Waals surface area contributed by atoms with Crippen LogP contribution in [0.15, 0.2) is 54.6 Å². The Bertz CT molecular complexity index is 898. The lowest BCUT2D eigenvalue weighted by Gasteiger charge is -2.18.